The molecule has 4 heteroatoms. The Hall–Kier alpha value is -1.06. The third-order valence-electron chi connectivity index (χ3n) is 3.71. The smallest absolute Gasteiger partial charge is 0.227 e. The number of fused-ring (bicyclic) bond motifs is 1. The normalized spacial score (nSPS) is 28.3. The van der Waals surface area contributed by atoms with Gasteiger partial charge in [0.2, 0.25) is 5.91 Å². The first-order chi connectivity index (χ1) is 8.25. The zero-order valence-electron chi connectivity index (χ0n) is 9.53. The number of amides is 1. The minimum Gasteiger partial charge on any atom is -0.316 e. The van der Waals surface area contributed by atoms with E-state index in [0.717, 1.165) is 25.2 Å². The Bertz CT molecular complexity index is 432. The summed E-state index contributed by atoms with van der Waals surface area (Å²) in [7, 11) is 0. The topological polar surface area (TPSA) is 32.3 Å². The summed E-state index contributed by atoms with van der Waals surface area (Å²) >= 11 is 5.88. The van der Waals surface area contributed by atoms with E-state index in [1.54, 1.807) is 0 Å². The first-order valence-electron chi connectivity index (χ1n) is 6.04. The highest BCUT2D eigenvalue weighted by Crippen LogP contribution is 2.34. The van der Waals surface area contributed by atoms with Crippen LogP contribution in [0, 0.1) is 5.92 Å². The number of nitrogens with one attached hydrogen (secondary N) is 1. The van der Waals surface area contributed by atoms with Gasteiger partial charge in [0.1, 0.15) is 0 Å². The van der Waals surface area contributed by atoms with Gasteiger partial charge in [-0.15, -0.1) is 0 Å². The average molecular weight is 251 g/mol. The maximum Gasteiger partial charge on any atom is 0.227 e. The number of nitrogens with zero attached hydrogens (tertiary/aromatic N) is 1. The second-order valence-corrected chi connectivity index (χ2v) is 5.20. The van der Waals surface area contributed by atoms with E-state index in [1.807, 2.05) is 29.2 Å². The summed E-state index contributed by atoms with van der Waals surface area (Å²) in [5.41, 5.74) is 0.980. The molecule has 2 aliphatic rings. The lowest BCUT2D eigenvalue weighted by atomic mass is 9.94. The lowest BCUT2D eigenvalue weighted by Gasteiger charge is -2.32. The van der Waals surface area contributed by atoms with Crippen molar-refractivity contribution >= 4 is 23.2 Å². The first-order valence-corrected chi connectivity index (χ1v) is 6.42. The fourth-order valence-electron chi connectivity index (χ4n) is 2.90. The van der Waals surface area contributed by atoms with Crippen molar-refractivity contribution in [1.29, 1.82) is 0 Å². The molecular weight excluding hydrogens is 236 g/mol. The molecule has 90 valence electrons. The number of piperidine rings is 1. The largest absolute Gasteiger partial charge is 0.316 e. The van der Waals surface area contributed by atoms with Gasteiger partial charge in [-0.2, -0.15) is 0 Å². The van der Waals surface area contributed by atoms with Gasteiger partial charge in [0.15, 0.2) is 0 Å². The Morgan fingerprint density at radius 2 is 2.06 bits per heavy atom. The Morgan fingerprint density at radius 1 is 1.29 bits per heavy atom. The van der Waals surface area contributed by atoms with Gasteiger partial charge in [-0.3, -0.25) is 4.79 Å². The van der Waals surface area contributed by atoms with Crippen LogP contribution in [0.4, 0.5) is 5.69 Å². The predicted octanol–water partition coefficient (Wildman–Crippen LogP) is 2.05. The van der Waals surface area contributed by atoms with Gasteiger partial charge >= 0.3 is 0 Å². The van der Waals surface area contributed by atoms with Gasteiger partial charge in [0.05, 0.1) is 0 Å². The van der Waals surface area contributed by atoms with Gasteiger partial charge in [0.25, 0.3) is 0 Å². The molecule has 2 heterocycles. The van der Waals surface area contributed by atoms with Crippen LogP contribution in [-0.4, -0.2) is 25.0 Å². The first kappa shape index (κ1) is 11.1. The van der Waals surface area contributed by atoms with Crippen LogP contribution in [0.3, 0.4) is 0 Å². The molecular formula is C13H15ClN2O. The summed E-state index contributed by atoms with van der Waals surface area (Å²) in [6.45, 7) is 1.96. The van der Waals surface area contributed by atoms with Crippen LogP contribution in [0.5, 0.6) is 0 Å². The summed E-state index contributed by atoms with van der Waals surface area (Å²) in [6, 6.07) is 7.93. The van der Waals surface area contributed by atoms with E-state index in [2.05, 4.69) is 5.32 Å². The summed E-state index contributed by atoms with van der Waals surface area (Å²) in [6.07, 6.45) is 1.71. The SMILES string of the molecule is O=C1CC2CNCCC2N1c1ccc(Cl)cc1. The number of benzene rings is 1. The molecule has 0 aromatic heterocycles. The van der Waals surface area contributed by atoms with Gasteiger partial charge in [-0.1, -0.05) is 11.6 Å². The van der Waals surface area contributed by atoms with Crippen molar-refractivity contribution in [3.05, 3.63) is 29.3 Å². The van der Waals surface area contributed by atoms with Crippen molar-refractivity contribution in [2.24, 2.45) is 5.92 Å². The van der Waals surface area contributed by atoms with Crippen molar-refractivity contribution in [3.63, 3.8) is 0 Å². The van der Waals surface area contributed by atoms with Crippen LogP contribution in [0.2, 0.25) is 5.02 Å². The molecule has 2 fully saturated rings. The second kappa shape index (κ2) is 4.31. The molecule has 0 radical (unpaired) electrons. The molecule has 1 amide bonds. The van der Waals surface area contributed by atoms with Crippen LogP contribution in [0.25, 0.3) is 0 Å². The quantitative estimate of drug-likeness (QED) is 0.828. The number of hydrogen-bond acceptors (Lipinski definition) is 2. The molecule has 3 rings (SSSR count). The predicted molar refractivity (Wildman–Crippen MR) is 68.3 cm³/mol. The molecule has 1 aromatic carbocycles. The third-order valence-corrected chi connectivity index (χ3v) is 3.96. The fourth-order valence-corrected chi connectivity index (χ4v) is 3.03. The van der Waals surface area contributed by atoms with Crippen molar-refractivity contribution in [3.8, 4) is 0 Å². The van der Waals surface area contributed by atoms with Crippen LogP contribution in [0.1, 0.15) is 12.8 Å². The molecule has 1 aromatic rings. The summed E-state index contributed by atoms with van der Waals surface area (Å²) in [5, 5.41) is 4.07. The number of halogens is 1. The van der Waals surface area contributed by atoms with Crippen LogP contribution in [-0.2, 0) is 4.79 Å². The molecule has 1 N–H and O–H groups in total. The molecule has 2 unspecified atom stereocenters. The van der Waals surface area contributed by atoms with Crippen LogP contribution in [0.15, 0.2) is 24.3 Å². The number of hydrogen-bond donors (Lipinski definition) is 1. The van der Waals surface area contributed by atoms with Crippen LogP contribution < -0.4 is 10.2 Å². The lowest BCUT2D eigenvalue weighted by Crippen LogP contribution is -2.44. The molecule has 0 saturated carbocycles. The van der Waals surface area contributed by atoms with Crippen molar-refractivity contribution < 1.29 is 4.79 Å². The number of carbonyl (C=O) groups is 1. The highest BCUT2D eigenvalue weighted by atomic mass is 35.5. The average Bonchev–Trinajstić information content (AvgIpc) is 2.66. The Labute approximate surface area is 106 Å². The molecule has 17 heavy (non-hydrogen) atoms. The van der Waals surface area contributed by atoms with E-state index >= 15 is 0 Å². The number of carbonyl (C=O) groups excluding carboxylic acids is 1. The molecule has 0 bridgehead atoms. The minimum atomic E-state index is 0.242. The van der Waals surface area contributed by atoms with Crippen molar-refractivity contribution in [2.75, 3.05) is 18.0 Å². The summed E-state index contributed by atoms with van der Waals surface area (Å²) in [4.78, 5) is 14.1. The van der Waals surface area contributed by atoms with Gasteiger partial charge < -0.3 is 10.2 Å². The van der Waals surface area contributed by atoms with E-state index in [-0.39, 0.29) is 5.91 Å². The molecule has 0 spiro atoms. The summed E-state index contributed by atoms with van der Waals surface area (Å²) < 4.78 is 0. The zero-order chi connectivity index (χ0) is 11.8. The summed E-state index contributed by atoms with van der Waals surface area (Å²) in [5.74, 6) is 0.706. The highest BCUT2D eigenvalue weighted by Gasteiger charge is 2.41. The maximum absolute atomic E-state index is 12.1. The van der Waals surface area contributed by atoms with Crippen molar-refractivity contribution in [1.82, 2.24) is 5.32 Å². The molecule has 2 saturated heterocycles. The second-order valence-electron chi connectivity index (χ2n) is 4.76. The Morgan fingerprint density at radius 3 is 2.82 bits per heavy atom. The van der Waals surface area contributed by atoms with E-state index < -0.39 is 0 Å². The highest BCUT2D eigenvalue weighted by molar-refractivity contribution is 6.30. The maximum atomic E-state index is 12.1. The zero-order valence-corrected chi connectivity index (χ0v) is 10.3. The number of rotatable bonds is 1. The van der Waals surface area contributed by atoms with E-state index in [1.165, 1.54) is 0 Å². The van der Waals surface area contributed by atoms with Gasteiger partial charge in [0, 0.05) is 35.6 Å². The van der Waals surface area contributed by atoms with Gasteiger partial charge in [-0.25, -0.2) is 0 Å². The minimum absolute atomic E-state index is 0.242. The van der Waals surface area contributed by atoms with E-state index in [9.17, 15) is 4.79 Å². The third kappa shape index (κ3) is 1.94. The fraction of sp³-hybridized carbons (Fsp3) is 0.462. The standard InChI is InChI=1S/C13H15ClN2O/c14-10-1-3-11(4-2-10)16-12-5-6-15-8-9(12)7-13(16)17/h1-4,9,12,15H,5-8H2. The van der Waals surface area contributed by atoms with Crippen LogP contribution >= 0.6 is 11.6 Å². The number of anilines is 1. The molecule has 2 atom stereocenters. The lowest BCUT2D eigenvalue weighted by molar-refractivity contribution is -0.117. The molecule has 0 aliphatic carbocycles. The van der Waals surface area contributed by atoms with E-state index in [0.29, 0.717) is 23.4 Å². The van der Waals surface area contributed by atoms with E-state index in [4.69, 9.17) is 11.6 Å². The Balaban J connectivity index is 1.90. The van der Waals surface area contributed by atoms with Gasteiger partial charge in [-0.05, 0) is 37.2 Å². The van der Waals surface area contributed by atoms with Crippen molar-refractivity contribution in [2.45, 2.75) is 18.9 Å². The molecule has 3 nitrogen and oxygen atoms in total. The monoisotopic (exact) mass is 250 g/mol. The molecule has 2 aliphatic heterocycles. The Kier molecular flexibility index (Phi) is 2.81.